The summed E-state index contributed by atoms with van der Waals surface area (Å²) in [5.74, 6) is 2.09. The summed E-state index contributed by atoms with van der Waals surface area (Å²) in [7, 11) is 0. The molecule has 0 spiro atoms. The van der Waals surface area contributed by atoms with Crippen LogP contribution in [0.2, 0.25) is 10.0 Å². The zero-order valence-electron chi connectivity index (χ0n) is 13.2. The number of furan rings is 1. The van der Waals surface area contributed by atoms with E-state index in [1.54, 1.807) is 16.8 Å². The molecule has 0 radical (unpaired) electrons. The lowest BCUT2D eigenvalue weighted by molar-refractivity contribution is 0.526. The van der Waals surface area contributed by atoms with Crippen LogP contribution in [0.5, 0.6) is 0 Å². The molecule has 0 aliphatic carbocycles. The summed E-state index contributed by atoms with van der Waals surface area (Å²) >= 11 is 12.1. The second-order valence-corrected chi connectivity index (χ2v) is 6.17. The molecule has 126 valence electrons. The SMILES string of the molecule is CCCCn1nnnc1NCc1ccc(-c2ccc(Cl)cc2Cl)o1. The number of benzene rings is 1. The Morgan fingerprint density at radius 1 is 1.21 bits per heavy atom. The topological polar surface area (TPSA) is 68.8 Å². The van der Waals surface area contributed by atoms with Crippen molar-refractivity contribution in [3.05, 3.63) is 46.1 Å². The van der Waals surface area contributed by atoms with Crippen LogP contribution in [0.15, 0.2) is 34.7 Å². The monoisotopic (exact) mass is 365 g/mol. The Morgan fingerprint density at radius 2 is 2.08 bits per heavy atom. The van der Waals surface area contributed by atoms with Crippen molar-refractivity contribution in [1.29, 1.82) is 0 Å². The van der Waals surface area contributed by atoms with E-state index < -0.39 is 0 Å². The minimum Gasteiger partial charge on any atom is -0.459 e. The number of rotatable bonds is 7. The number of tetrazole rings is 1. The summed E-state index contributed by atoms with van der Waals surface area (Å²) < 4.78 is 7.60. The Kier molecular flexibility index (Phi) is 5.37. The summed E-state index contributed by atoms with van der Waals surface area (Å²) in [5, 5.41) is 16.0. The number of hydrogen-bond donors (Lipinski definition) is 1. The summed E-state index contributed by atoms with van der Waals surface area (Å²) in [6.07, 6.45) is 2.11. The van der Waals surface area contributed by atoms with Crippen LogP contribution in [0, 0.1) is 0 Å². The molecule has 8 heteroatoms. The fourth-order valence-corrected chi connectivity index (χ4v) is 2.76. The average Bonchev–Trinajstić information content (AvgIpc) is 3.20. The van der Waals surface area contributed by atoms with Gasteiger partial charge in [0.15, 0.2) is 0 Å². The van der Waals surface area contributed by atoms with Crippen LogP contribution >= 0.6 is 23.2 Å². The van der Waals surface area contributed by atoms with Gasteiger partial charge < -0.3 is 9.73 Å². The Hall–Kier alpha value is -2.05. The molecule has 2 heterocycles. The molecule has 0 aliphatic heterocycles. The first kappa shape index (κ1) is 16.8. The first-order chi connectivity index (χ1) is 11.7. The van der Waals surface area contributed by atoms with Crippen molar-refractivity contribution in [3.63, 3.8) is 0 Å². The molecule has 1 N–H and O–H groups in total. The predicted octanol–water partition coefficient (Wildman–Crippen LogP) is 4.65. The highest BCUT2D eigenvalue weighted by Crippen LogP contribution is 2.31. The third-order valence-electron chi connectivity index (χ3n) is 3.53. The average molecular weight is 366 g/mol. The Balaban J connectivity index is 1.67. The molecule has 24 heavy (non-hydrogen) atoms. The fraction of sp³-hybridized carbons (Fsp3) is 0.312. The second-order valence-electron chi connectivity index (χ2n) is 5.32. The summed E-state index contributed by atoms with van der Waals surface area (Å²) in [5.41, 5.74) is 0.806. The molecule has 0 aliphatic rings. The van der Waals surface area contributed by atoms with Crippen molar-refractivity contribution in [1.82, 2.24) is 20.2 Å². The molecule has 0 fully saturated rings. The van der Waals surface area contributed by atoms with E-state index in [-0.39, 0.29) is 0 Å². The number of anilines is 1. The largest absolute Gasteiger partial charge is 0.459 e. The number of nitrogens with zero attached hydrogens (tertiary/aromatic N) is 4. The van der Waals surface area contributed by atoms with Crippen LogP contribution in [0.25, 0.3) is 11.3 Å². The fourth-order valence-electron chi connectivity index (χ4n) is 2.26. The van der Waals surface area contributed by atoms with Crippen molar-refractivity contribution in [2.24, 2.45) is 0 Å². The van der Waals surface area contributed by atoms with Crippen molar-refractivity contribution in [2.75, 3.05) is 5.32 Å². The van der Waals surface area contributed by atoms with E-state index in [1.165, 1.54) is 0 Å². The third-order valence-corrected chi connectivity index (χ3v) is 4.08. The van der Waals surface area contributed by atoms with Crippen LogP contribution in [0.4, 0.5) is 5.95 Å². The highest BCUT2D eigenvalue weighted by molar-refractivity contribution is 6.36. The van der Waals surface area contributed by atoms with Crippen LogP contribution in [0.1, 0.15) is 25.5 Å². The smallest absolute Gasteiger partial charge is 0.243 e. The van der Waals surface area contributed by atoms with Gasteiger partial charge in [0.1, 0.15) is 11.5 Å². The molecule has 0 saturated carbocycles. The van der Waals surface area contributed by atoms with E-state index in [4.69, 9.17) is 27.6 Å². The van der Waals surface area contributed by atoms with Crippen LogP contribution < -0.4 is 5.32 Å². The molecular weight excluding hydrogens is 349 g/mol. The maximum Gasteiger partial charge on any atom is 0.243 e. The van der Waals surface area contributed by atoms with Crippen LogP contribution in [-0.4, -0.2) is 20.2 Å². The highest BCUT2D eigenvalue weighted by atomic mass is 35.5. The van der Waals surface area contributed by atoms with Crippen LogP contribution in [-0.2, 0) is 13.1 Å². The minimum absolute atomic E-state index is 0.484. The van der Waals surface area contributed by atoms with Gasteiger partial charge >= 0.3 is 0 Å². The maximum atomic E-state index is 6.21. The van der Waals surface area contributed by atoms with E-state index in [0.717, 1.165) is 30.7 Å². The van der Waals surface area contributed by atoms with Crippen molar-refractivity contribution < 1.29 is 4.42 Å². The number of hydrogen-bond acceptors (Lipinski definition) is 5. The van der Waals surface area contributed by atoms with Gasteiger partial charge in [0.25, 0.3) is 0 Å². The Bertz CT molecular complexity index is 814. The van der Waals surface area contributed by atoms with Gasteiger partial charge in [-0.15, -0.1) is 0 Å². The molecule has 0 bridgehead atoms. The molecule has 2 aromatic heterocycles. The lowest BCUT2D eigenvalue weighted by atomic mass is 10.2. The summed E-state index contributed by atoms with van der Waals surface area (Å²) in [6, 6.07) is 9.09. The molecule has 3 rings (SSSR count). The lowest BCUT2D eigenvalue weighted by Gasteiger charge is -2.05. The van der Waals surface area contributed by atoms with Gasteiger partial charge in [0, 0.05) is 17.1 Å². The molecule has 0 saturated heterocycles. The predicted molar refractivity (Wildman–Crippen MR) is 94.2 cm³/mol. The number of nitrogens with one attached hydrogen (secondary N) is 1. The van der Waals surface area contributed by atoms with Gasteiger partial charge in [-0.1, -0.05) is 41.6 Å². The van der Waals surface area contributed by atoms with E-state index in [9.17, 15) is 0 Å². The normalized spacial score (nSPS) is 11.0. The summed E-state index contributed by atoms with van der Waals surface area (Å²) in [6.45, 7) is 3.40. The van der Waals surface area contributed by atoms with E-state index in [1.807, 2.05) is 18.2 Å². The zero-order valence-corrected chi connectivity index (χ0v) is 14.7. The van der Waals surface area contributed by atoms with Crippen molar-refractivity contribution >= 4 is 29.2 Å². The molecule has 6 nitrogen and oxygen atoms in total. The molecule has 0 unspecified atom stereocenters. The zero-order chi connectivity index (χ0) is 16.9. The Labute approximate surface area is 149 Å². The first-order valence-corrected chi connectivity index (χ1v) is 8.47. The van der Waals surface area contributed by atoms with E-state index >= 15 is 0 Å². The first-order valence-electron chi connectivity index (χ1n) is 7.71. The van der Waals surface area contributed by atoms with Crippen LogP contribution in [0.3, 0.4) is 0 Å². The molecule has 0 amide bonds. The molecular formula is C16H17Cl2N5O. The Morgan fingerprint density at radius 3 is 2.88 bits per heavy atom. The number of aromatic nitrogens is 4. The van der Waals surface area contributed by atoms with Gasteiger partial charge in [0.05, 0.1) is 11.6 Å². The van der Waals surface area contributed by atoms with E-state index in [2.05, 4.69) is 27.8 Å². The van der Waals surface area contributed by atoms with Crippen molar-refractivity contribution in [2.45, 2.75) is 32.9 Å². The quantitative estimate of drug-likeness (QED) is 0.659. The third kappa shape index (κ3) is 3.88. The lowest BCUT2D eigenvalue weighted by Crippen LogP contribution is -2.08. The standard InChI is InChI=1S/C16H17Cl2N5O/c1-2-3-8-23-16(20-21-22-23)19-10-12-5-7-15(24-12)13-6-4-11(17)9-14(13)18/h4-7,9H,2-3,8,10H2,1H3,(H,19,20,22). The van der Waals surface area contributed by atoms with E-state index in [0.29, 0.717) is 28.3 Å². The van der Waals surface area contributed by atoms with Gasteiger partial charge in [-0.05, 0) is 47.2 Å². The van der Waals surface area contributed by atoms with Gasteiger partial charge in [-0.3, -0.25) is 0 Å². The summed E-state index contributed by atoms with van der Waals surface area (Å²) in [4.78, 5) is 0. The second kappa shape index (κ2) is 7.68. The molecule has 1 aromatic carbocycles. The van der Waals surface area contributed by atoms with Gasteiger partial charge in [-0.2, -0.15) is 0 Å². The minimum atomic E-state index is 0.484. The molecule has 0 atom stereocenters. The number of halogens is 2. The number of unbranched alkanes of at least 4 members (excludes halogenated alkanes) is 1. The highest BCUT2D eigenvalue weighted by Gasteiger charge is 2.10. The molecule has 3 aromatic rings. The maximum absolute atomic E-state index is 6.21. The van der Waals surface area contributed by atoms with Gasteiger partial charge in [0.2, 0.25) is 5.95 Å². The van der Waals surface area contributed by atoms with Crippen molar-refractivity contribution in [3.8, 4) is 11.3 Å². The van der Waals surface area contributed by atoms with Gasteiger partial charge in [-0.25, -0.2) is 4.68 Å². The number of aryl methyl sites for hydroxylation is 1.